The second-order valence-corrected chi connectivity index (χ2v) is 12.2. The van der Waals surface area contributed by atoms with Crippen LogP contribution in [-0.4, -0.2) is 97.1 Å². The normalized spacial score (nSPS) is 25.0. The summed E-state index contributed by atoms with van der Waals surface area (Å²) in [5.74, 6) is 4.55. The number of rotatable bonds is 8. The van der Waals surface area contributed by atoms with Crippen LogP contribution in [0.25, 0.3) is 0 Å². The third kappa shape index (κ3) is 7.76. The molecule has 10 nitrogen and oxygen atoms in total. The molecule has 45 heavy (non-hydrogen) atoms. The van der Waals surface area contributed by atoms with Crippen LogP contribution in [0.5, 0.6) is 0 Å². The summed E-state index contributed by atoms with van der Waals surface area (Å²) < 4.78 is 19.0. The number of nitrogens with zero attached hydrogens (tertiary/aromatic N) is 2. The summed E-state index contributed by atoms with van der Waals surface area (Å²) in [6, 6.07) is 12.9. The van der Waals surface area contributed by atoms with E-state index in [0.717, 1.165) is 56.8 Å². The molecule has 11 heteroatoms. The number of amides is 4. The highest BCUT2D eigenvalue weighted by Crippen LogP contribution is 2.34. The van der Waals surface area contributed by atoms with Gasteiger partial charge in [-0.25, -0.2) is 4.39 Å². The van der Waals surface area contributed by atoms with Gasteiger partial charge in [0.2, 0.25) is 11.8 Å². The Bertz CT molecular complexity index is 1480. The highest BCUT2D eigenvalue weighted by molar-refractivity contribution is 6.03. The Morgan fingerprint density at radius 3 is 2.24 bits per heavy atom. The zero-order valence-electron chi connectivity index (χ0n) is 25.1. The largest absolute Gasteiger partial charge is 0.379 e. The molecule has 3 saturated heterocycles. The Morgan fingerprint density at radius 2 is 1.62 bits per heavy atom. The fraction of sp³-hybridized carbons (Fsp3) is 0.471. The lowest BCUT2D eigenvalue weighted by atomic mass is 10.1. The van der Waals surface area contributed by atoms with Crippen LogP contribution in [0.3, 0.4) is 0 Å². The molecule has 6 rings (SSSR count). The summed E-state index contributed by atoms with van der Waals surface area (Å²) in [5, 5.41) is 8.35. The van der Waals surface area contributed by atoms with Crippen molar-refractivity contribution in [3.8, 4) is 11.8 Å². The van der Waals surface area contributed by atoms with Crippen molar-refractivity contribution in [1.29, 1.82) is 0 Å². The van der Waals surface area contributed by atoms with Gasteiger partial charge in [0.1, 0.15) is 12.2 Å². The molecule has 0 unspecified atom stereocenters. The van der Waals surface area contributed by atoms with Gasteiger partial charge in [-0.05, 0) is 61.2 Å². The SMILES string of the molecule is O=C(NC[C@H]1C[C@@H](NC(=O)[C@@H]2C[C@H](F)CN2)C(=O)N1C(=O)C1CC1)c1ccc(C#Cc2ccc(CN3CCOCC3)cc2)cc1. The van der Waals surface area contributed by atoms with Crippen molar-refractivity contribution in [1.82, 2.24) is 25.8 Å². The molecule has 2 aromatic carbocycles. The number of morpholine rings is 1. The van der Waals surface area contributed by atoms with E-state index < -0.39 is 36.1 Å². The highest BCUT2D eigenvalue weighted by atomic mass is 19.1. The maximum atomic E-state index is 13.6. The number of hydrogen-bond acceptors (Lipinski definition) is 7. The van der Waals surface area contributed by atoms with Crippen LogP contribution in [0, 0.1) is 17.8 Å². The van der Waals surface area contributed by atoms with Gasteiger partial charge in [-0.15, -0.1) is 0 Å². The summed E-state index contributed by atoms with van der Waals surface area (Å²) in [4.78, 5) is 55.3. The Labute approximate surface area is 262 Å². The van der Waals surface area contributed by atoms with E-state index in [0.29, 0.717) is 5.56 Å². The molecule has 2 aromatic rings. The van der Waals surface area contributed by atoms with Gasteiger partial charge in [0.05, 0.1) is 25.3 Å². The first kappa shape index (κ1) is 30.9. The van der Waals surface area contributed by atoms with E-state index in [-0.39, 0.29) is 43.7 Å². The van der Waals surface area contributed by atoms with Gasteiger partial charge >= 0.3 is 0 Å². The third-order valence-electron chi connectivity index (χ3n) is 8.74. The van der Waals surface area contributed by atoms with Gasteiger partial charge in [0, 0.05) is 61.8 Å². The number of carbonyl (C=O) groups excluding carboxylic acids is 4. The molecule has 3 aliphatic heterocycles. The van der Waals surface area contributed by atoms with E-state index in [9.17, 15) is 23.6 Å². The highest BCUT2D eigenvalue weighted by Gasteiger charge is 2.48. The summed E-state index contributed by atoms with van der Waals surface area (Å²) >= 11 is 0. The number of imide groups is 1. The molecule has 0 radical (unpaired) electrons. The summed E-state index contributed by atoms with van der Waals surface area (Å²) in [6.07, 6.45) is 0.554. The molecule has 0 aromatic heterocycles. The van der Waals surface area contributed by atoms with Crippen LogP contribution in [0.15, 0.2) is 48.5 Å². The topological polar surface area (TPSA) is 120 Å². The standard InChI is InChI=1S/C34H38FN5O5/c35-27-17-29(36-19-27)32(42)38-30-18-28(40(34(30)44)33(43)26-11-12-26)20-37-31(41)25-9-7-23(8-10-25)2-1-22-3-5-24(6-4-22)21-39-13-15-45-16-14-39/h3-10,26-30,36H,11-21H2,(H,37,41)(H,38,42)/t27-,28+,29-,30+/m0/s1. The van der Waals surface area contributed by atoms with Crippen molar-refractivity contribution >= 4 is 23.6 Å². The average Bonchev–Trinajstić information content (AvgIpc) is 3.75. The number of likely N-dealkylation sites (tertiary alicyclic amines) is 1. The van der Waals surface area contributed by atoms with Crippen molar-refractivity contribution in [3.05, 3.63) is 70.8 Å². The predicted octanol–water partition coefficient (Wildman–Crippen LogP) is 1.37. The number of halogens is 1. The third-order valence-corrected chi connectivity index (χ3v) is 8.74. The second kappa shape index (κ2) is 13.9. The molecule has 1 saturated carbocycles. The summed E-state index contributed by atoms with van der Waals surface area (Å²) in [6.45, 7) is 4.48. The van der Waals surface area contributed by atoms with E-state index in [1.54, 1.807) is 24.3 Å². The summed E-state index contributed by atoms with van der Waals surface area (Å²) in [7, 11) is 0. The molecular weight excluding hydrogens is 577 g/mol. The van der Waals surface area contributed by atoms with Gasteiger partial charge in [-0.1, -0.05) is 24.0 Å². The van der Waals surface area contributed by atoms with Crippen molar-refractivity contribution in [2.75, 3.05) is 39.4 Å². The van der Waals surface area contributed by atoms with Crippen LogP contribution in [0.1, 0.15) is 52.7 Å². The van der Waals surface area contributed by atoms with Gasteiger partial charge in [-0.2, -0.15) is 0 Å². The lowest BCUT2D eigenvalue weighted by molar-refractivity contribution is -0.146. The molecule has 1 aliphatic carbocycles. The van der Waals surface area contributed by atoms with Crippen LogP contribution >= 0.6 is 0 Å². The first-order chi connectivity index (χ1) is 21.8. The lowest BCUT2D eigenvalue weighted by Gasteiger charge is -2.26. The first-order valence-corrected chi connectivity index (χ1v) is 15.7. The molecule has 0 bridgehead atoms. The van der Waals surface area contributed by atoms with Crippen molar-refractivity contribution in [2.45, 2.75) is 56.5 Å². The maximum absolute atomic E-state index is 13.6. The van der Waals surface area contributed by atoms with Crippen LogP contribution in [0.4, 0.5) is 4.39 Å². The lowest BCUT2D eigenvalue weighted by Crippen LogP contribution is -2.49. The number of hydrogen-bond donors (Lipinski definition) is 3. The van der Waals surface area contributed by atoms with Gasteiger partial charge < -0.3 is 20.7 Å². The summed E-state index contributed by atoms with van der Waals surface area (Å²) in [5.41, 5.74) is 3.33. The molecular formula is C34H38FN5O5. The minimum Gasteiger partial charge on any atom is -0.379 e. The van der Waals surface area contributed by atoms with E-state index in [2.05, 4.69) is 44.8 Å². The van der Waals surface area contributed by atoms with Crippen molar-refractivity contribution in [2.24, 2.45) is 5.92 Å². The Kier molecular flexibility index (Phi) is 9.54. The second-order valence-electron chi connectivity index (χ2n) is 12.2. The fourth-order valence-corrected chi connectivity index (χ4v) is 5.97. The number of alkyl halides is 1. The Morgan fingerprint density at radius 1 is 0.956 bits per heavy atom. The predicted molar refractivity (Wildman–Crippen MR) is 164 cm³/mol. The zero-order valence-corrected chi connectivity index (χ0v) is 25.1. The van der Waals surface area contributed by atoms with Crippen molar-refractivity contribution < 1.29 is 28.3 Å². The fourth-order valence-electron chi connectivity index (χ4n) is 5.97. The smallest absolute Gasteiger partial charge is 0.252 e. The number of ether oxygens (including phenoxy) is 1. The van der Waals surface area contributed by atoms with E-state index >= 15 is 0 Å². The maximum Gasteiger partial charge on any atom is 0.252 e. The van der Waals surface area contributed by atoms with E-state index in [1.165, 1.54) is 10.5 Å². The zero-order chi connectivity index (χ0) is 31.3. The monoisotopic (exact) mass is 615 g/mol. The van der Waals surface area contributed by atoms with Crippen LogP contribution in [-0.2, 0) is 25.7 Å². The number of carbonyl (C=O) groups is 4. The Balaban J connectivity index is 1.02. The van der Waals surface area contributed by atoms with Gasteiger partial charge in [0.25, 0.3) is 11.8 Å². The van der Waals surface area contributed by atoms with Crippen LogP contribution in [0.2, 0.25) is 0 Å². The van der Waals surface area contributed by atoms with E-state index in [4.69, 9.17) is 4.74 Å². The molecule has 3 heterocycles. The molecule has 4 aliphatic rings. The Hall–Kier alpha value is -4.11. The molecule has 0 spiro atoms. The molecule has 4 atom stereocenters. The minimum absolute atomic E-state index is 0.0458. The van der Waals surface area contributed by atoms with Crippen LogP contribution < -0.4 is 16.0 Å². The number of benzene rings is 2. The van der Waals surface area contributed by atoms with E-state index in [1.807, 2.05) is 12.1 Å². The average molecular weight is 616 g/mol. The van der Waals surface area contributed by atoms with Gasteiger partial charge in [-0.3, -0.25) is 29.0 Å². The van der Waals surface area contributed by atoms with Crippen molar-refractivity contribution in [3.63, 3.8) is 0 Å². The minimum atomic E-state index is -1.11. The number of nitrogens with one attached hydrogen (secondary N) is 3. The van der Waals surface area contributed by atoms with Gasteiger partial charge in [0.15, 0.2) is 0 Å². The molecule has 4 fully saturated rings. The first-order valence-electron chi connectivity index (χ1n) is 15.7. The molecule has 4 amide bonds. The molecule has 3 N–H and O–H groups in total. The quantitative estimate of drug-likeness (QED) is 0.303. The molecule has 236 valence electrons.